The van der Waals surface area contributed by atoms with Crippen molar-refractivity contribution in [3.8, 4) is 0 Å². The molecule has 0 aliphatic rings. The second-order valence-electron chi connectivity index (χ2n) is 5.44. The Balaban J connectivity index is 1.82. The van der Waals surface area contributed by atoms with Crippen molar-refractivity contribution in [2.45, 2.75) is 24.6 Å². The molecule has 1 heterocycles. The van der Waals surface area contributed by atoms with Crippen LogP contribution in [0.3, 0.4) is 0 Å². The van der Waals surface area contributed by atoms with Crippen LogP contribution >= 0.6 is 11.3 Å². The van der Waals surface area contributed by atoms with Gasteiger partial charge in [-0.3, -0.25) is 0 Å². The van der Waals surface area contributed by atoms with Crippen LogP contribution in [0.2, 0.25) is 0 Å². The van der Waals surface area contributed by atoms with E-state index in [0.717, 1.165) is 12.1 Å². The summed E-state index contributed by atoms with van der Waals surface area (Å²) >= 11 is 1.20. The van der Waals surface area contributed by atoms with Gasteiger partial charge in [0.1, 0.15) is 4.21 Å². The molecule has 0 saturated carbocycles. The smallest absolute Gasteiger partial charge is 0.250 e. The summed E-state index contributed by atoms with van der Waals surface area (Å²) in [6.07, 6.45) is 0. The largest absolute Gasteiger partial charge is 0.357 e. The maximum Gasteiger partial charge on any atom is 0.250 e. The molecule has 1 aromatic carbocycles. The highest BCUT2D eigenvalue weighted by Crippen LogP contribution is 2.14. The molecule has 0 saturated heterocycles. The van der Waals surface area contributed by atoms with Crippen LogP contribution in [0.1, 0.15) is 18.1 Å². The van der Waals surface area contributed by atoms with Crippen LogP contribution < -0.4 is 15.4 Å². The fourth-order valence-corrected chi connectivity index (χ4v) is 4.13. The fraction of sp³-hybridized carbons (Fsp3) is 0.353. The number of aryl methyl sites for hydroxylation is 1. The third kappa shape index (κ3) is 6.49. The summed E-state index contributed by atoms with van der Waals surface area (Å²) in [6.45, 7) is 6.08. The van der Waals surface area contributed by atoms with E-state index < -0.39 is 10.0 Å². The number of nitrogens with zero attached hydrogens (tertiary/aromatic N) is 1. The SMILES string of the molecule is CCNC(=NCc1ccc(C)cc1)NCCNS(=O)(=O)c1cccs1. The summed E-state index contributed by atoms with van der Waals surface area (Å²) in [5.74, 6) is 0.665. The van der Waals surface area contributed by atoms with Crippen molar-refractivity contribution in [1.29, 1.82) is 0 Å². The minimum atomic E-state index is -3.42. The van der Waals surface area contributed by atoms with E-state index in [4.69, 9.17) is 0 Å². The predicted molar refractivity (Wildman–Crippen MR) is 104 cm³/mol. The van der Waals surface area contributed by atoms with Gasteiger partial charge in [-0.15, -0.1) is 11.3 Å². The molecular weight excluding hydrogens is 356 g/mol. The zero-order chi connectivity index (χ0) is 18.1. The minimum absolute atomic E-state index is 0.287. The monoisotopic (exact) mass is 380 g/mol. The van der Waals surface area contributed by atoms with E-state index in [1.54, 1.807) is 17.5 Å². The fourth-order valence-electron chi connectivity index (χ4n) is 2.06. The van der Waals surface area contributed by atoms with E-state index >= 15 is 0 Å². The van der Waals surface area contributed by atoms with Crippen LogP contribution in [0.25, 0.3) is 0 Å². The summed E-state index contributed by atoms with van der Waals surface area (Å²) in [6, 6.07) is 11.5. The molecule has 2 rings (SSSR count). The average Bonchev–Trinajstić information content (AvgIpc) is 3.13. The zero-order valence-electron chi connectivity index (χ0n) is 14.5. The normalized spacial score (nSPS) is 12.2. The minimum Gasteiger partial charge on any atom is -0.357 e. The Labute approximate surface area is 153 Å². The van der Waals surface area contributed by atoms with E-state index in [1.165, 1.54) is 16.9 Å². The third-order valence-corrected chi connectivity index (χ3v) is 6.21. The lowest BCUT2D eigenvalue weighted by Crippen LogP contribution is -2.41. The van der Waals surface area contributed by atoms with E-state index in [0.29, 0.717) is 23.3 Å². The first-order valence-corrected chi connectivity index (χ1v) is 10.5. The number of benzene rings is 1. The van der Waals surface area contributed by atoms with Crippen LogP contribution in [0, 0.1) is 6.92 Å². The molecule has 0 spiro atoms. The van der Waals surface area contributed by atoms with Gasteiger partial charge in [-0.25, -0.2) is 18.1 Å². The first-order valence-electron chi connectivity index (χ1n) is 8.12. The summed E-state index contributed by atoms with van der Waals surface area (Å²) in [5, 5.41) is 8.03. The van der Waals surface area contributed by atoms with Crippen molar-refractivity contribution < 1.29 is 8.42 Å². The number of rotatable bonds is 8. The molecule has 0 fully saturated rings. The van der Waals surface area contributed by atoms with Gasteiger partial charge in [0.25, 0.3) is 0 Å². The Morgan fingerprint density at radius 1 is 1.12 bits per heavy atom. The van der Waals surface area contributed by atoms with Crippen LogP contribution in [-0.2, 0) is 16.6 Å². The number of nitrogens with one attached hydrogen (secondary N) is 3. The molecule has 2 aromatic rings. The standard InChI is InChI=1S/C17H24N4O2S2/c1-3-18-17(20-13-15-8-6-14(2)7-9-15)19-10-11-21-25(22,23)16-5-4-12-24-16/h4-9,12,21H,3,10-11,13H2,1-2H3,(H2,18,19,20). The summed E-state index contributed by atoms with van der Waals surface area (Å²) < 4.78 is 27.0. The molecular formula is C17H24N4O2S2. The zero-order valence-corrected chi connectivity index (χ0v) is 16.1. The molecule has 0 bridgehead atoms. The van der Waals surface area contributed by atoms with Crippen molar-refractivity contribution in [2.24, 2.45) is 4.99 Å². The predicted octanol–water partition coefficient (Wildman–Crippen LogP) is 2.09. The van der Waals surface area contributed by atoms with Gasteiger partial charge in [0, 0.05) is 19.6 Å². The van der Waals surface area contributed by atoms with Crippen molar-refractivity contribution >= 4 is 27.3 Å². The number of hydrogen-bond donors (Lipinski definition) is 3. The van der Waals surface area contributed by atoms with Crippen molar-refractivity contribution in [2.75, 3.05) is 19.6 Å². The maximum atomic E-state index is 12.0. The molecule has 0 radical (unpaired) electrons. The summed E-state index contributed by atoms with van der Waals surface area (Å²) in [7, 11) is -3.42. The second kappa shape index (κ2) is 9.55. The lowest BCUT2D eigenvalue weighted by molar-refractivity contribution is 0.582. The number of sulfonamides is 1. The van der Waals surface area contributed by atoms with Gasteiger partial charge in [0.05, 0.1) is 6.54 Å². The van der Waals surface area contributed by atoms with Crippen LogP contribution in [0.5, 0.6) is 0 Å². The lowest BCUT2D eigenvalue weighted by atomic mass is 10.1. The van der Waals surface area contributed by atoms with Crippen LogP contribution in [0.15, 0.2) is 51.0 Å². The highest BCUT2D eigenvalue weighted by Gasteiger charge is 2.13. The topological polar surface area (TPSA) is 82.6 Å². The third-order valence-electron chi connectivity index (χ3n) is 3.35. The van der Waals surface area contributed by atoms with Gasteiger partial charge < -0.3 is 10.6 Å². The summed E-state index contributed by atoms with van der Waals surface area (Å²) in [5.41, 5.74) is 2.34. The van der Waals surface area contributed by atoms with Crippen LogP contribution in [-0.4, -0.2) is 34.0 Å². The Morgan fingerprint density at radius 2 is 1.88 bits per heavy atom. The molecule has 0 aliphatic heterocycles. The van der Waals surface area contributed by atoms with Gasteiger partial charge in [-0.05, 0) is 30.9 Å². The van der Waals surface area contributed by atoms with Gasteiger partial charge in [0.2, 0.25) is 10.0 Å². The molecule has 0 atom stereocenters. The molecule has 25 heavy (non-hydrogen) atoms. The Morgan fingerprint density at radius 3 is 2.52 bits per heavy atom. The molecule has 136 valence electrons. The molecule has 8 heteroatoms. The summed E-state index contributed by atoms with van der Waals surface area (Å²) in [4.78, 5) is 4.52. The maximum absolute atomic E-state index is 12.0. The van der Waals surface area contributed by atoms with Crippen LogP contribution in [0.4, 0.5) is 0 Å². The van der Waals surface area contributed by atoms with E-state index in [-0.39, 0.29) is 6.54 Å². The first-order chi connectivity index (χ1) is 12.0. The second-order valence-corrected chi connectivity index (χ2v) is 8.38. The molecule has 0 unspecified atom stereocenters. The van der Waals surface area contributed by atoms with Crippen molar-refractivity contribution in [3.05, 3.63) is 52.9 Å². The van der Waals surface area contributed by atoms with Gasteiger partial charge >= 0.3 is 0 Å². The number of hydrogen-bond acceptors (Lipinski definition) is 4. The Hall–Kier alpha value is -1.90. The Bertz CT molecular complexity index is 769. The lowest BCUT2D eigenvalue weighted by Gasteiger charge is -2.12. The highest BCUT2D eigenvalue weighted by atomic mass is 32.2. The molecule has 0 amide bonds. The average molecular weight is 381 g/mol. The molecule has 6 nitrogen and oxygen atoms in total. The molecule has 0 aliphatic carbocycles. The number of guanidine groups is 1. The molecule has 1 aromatic heterocycles. The molecule has 3 N–H and O–H groups in total. The van der Waals surface area contributed by atoms with Gasteiger partial charge in [-0.2, -0.15) is 0 Å². The van der Waals surface area contributed by atoms with Crippen molar-refractivity contribution in [1.82, 2.24) is 15.4 Å². The van der Waals surface area contributed by atoms with Gasteiger partial charge in [0.15, 0.2) is 5.96 Å². The quantitative estimate of drug-likeness (QED) is 0.372. The van der Waals surface area contributed by atoms with E-state index in [2.05, 4.69) is 51.5 Å². The van der Waals surface area contributed by atoms with Crippen molar-refractivity contribution in [3.63, 3.8) is 0 Å². The van der Waals surface area contributed by atoms with E-state index in [1.807, 2.05) is 6.92 Å². The first kappa shape index (κ1) is 19.4. The Kier molecular flexibility index (Phi) is 7.42. The van der Waals surface area contributed by atoms with Gasteiger partial charge in [-0.1, -0.05) is 35.9 Å². The van der Waals surface area contributed by atoms with E-state index in [9.17, 15) is 8.42 Å². The highest BCUT2D eigenvalue weighted by molar-refractivity contribution is 7.91. The number of thiophene rings is 1. The number of aliphatic imine (C=N–C) groups is 1.